The molecular formula is C14H18ClN3O2. The van der Waals surface area contributed by atoms with E-state index in [1.165, 1.54) is 0 Å². The molecule has 1 saturated heterocycles. The van der Waals surface area contributed by atoms with Crippen molar-refractivity contribution in [3.8, 4) is 0 Å². The normalized spacial score (nSPS) is 19.4. The number of halogens is 1. The Morgan fingerprint density at radius 3 is 2.90 bits per heavy atom. The monoisotopic (exact) mass is 295 g/mol. The maximum absolute atomic E-state index is 12.1. The third-order valence-electron chi connectivity index (χ3n) is 3.30. The van der Waals surface area contributed by atoms with Gasteiger partial charge < -0.3 is 10.2 Å². The minimum atomic E-state index is -0.430. The Balaban J connectivity index is 2.22. The molecule has 1 fully saturated rings. The smallest absolute Gasteiger partial charge is 0.243 e. The highest BCUT2D eigenvalue weighted by molar-refractivity contribution is 6.31. The predicted molar refractivity (Wildman–Crippen MR) is 76.0 cm³/mol. The van der Waals surface area contributed by atoms with E-state index in [1.807, 2.05) is 13.8 Å². The SMILES string of the molecule is CC(C)CC1C(=O)NCC(=O)N1Cc1ccncc1Cl. The molecule has 1 N–H and O–H groups in total. The quantitative estimate of drug-likeness (QED) is 0.918. The van der Waals surface area contributed by atoms with E-state index in [0.29, 0.717) is 23.9 Å². The number of carbonyl (C=O) groups is 2. The molecular weight excluding hydrogens is 278 g/mol. The average molecular weight is 296 g/mol. The summed E-state index contributed by atoms with van der Waals surface area (Å²) in [6.07, 6.45) is 3.82. The van der Waals surface area contributed by atoms with Gasteiger partial charge in [0.25, 0.3) is 0 Å². The number of aromatic nitrogens is 1. The molecule has 2 amide bonds. The maximum Gasteiger partial charge on any atom is 0.243 e. The lowest BCUT2D eigenvalue weighted by Gasteiger charge is -2.36. The molecule has 1 atom stereocenters. The van der Waals surface area contributed by atoms with Crippen LogP contribution in [-0.2, 0) is 16.1 Å². The molecule has 0 aliphatic carbocycles. The lowest BCUT2D eigenvalue weighted by molar-refractivity contribution is -0.146. The number of rotatable bonds is 4. The Hall–Kier alpha value is -1.62. The van der Waals surface area contributed by atoms with Crippen molar-refractivity contribution in [1.82, 2.24) is 15.2 Å². The van der Waals surface area contributed by atoms with Crippen molar-refractivity contribution in [2.45, 2.75) is 32.9 Å². The molecule has 1 unspecified atom stereocenters. The first-order valence-corrected chi connectivity index (χ1v) is 7.02. The van der Waals surface area contributed by atoms with Crippen LogP contribution >= 0.6 is 11.6 Å². The fourth-order valence-electron chi connectivity index (χ4n) is 2.29. The van der Waals surface area contributed by atoms with Gasteiger partial charge in [0, 0.05) is 18.9 Å². The zero-order chi connectivity index (χ0) is 14.7. The highest BCUT2D eigenvalue weighted by Crippen LogP contribution is 2.21. The maximum atomic E-state index is 12.1. The number of nitrogens with one attached hydrogen (secondary N) is 1. The van der Waals surface area contributed by atoms with Crippen LogP contribution in [0.25, 0.3) is 0 Å². The minimum Gasteiger partial charge on any atom is -0.345 e. The van der Waals surface area contributed by atoms with Gasteiger partial charge in [-0.05, 0) is 24.0 Å². The summed E-state index contributed by atoms with van der Waals surface area (Å²) in [6.45, 7) is 4.45. The van der Waals surface area contributed by atoms with Crippen molar-refractivity contribution >= 4 is 23.4 Å². The second-order valence-electron chi connectivity index (χ2n) is 5.35. The largest absolute Gasteiger partial charge is 0.345 e. The van der Waals surface area contributed by atoms with Gasteiger partial charge in [0.2, 0.25) is 11.8 Å². The molecule has 0 spiro atoms. The summed E-state index contributed by atoms with van der Waals surface area (Å²) in [4.78, 5) is 29.6. The third-order valence-corrected chi connectivity index (χ3v) is 3.65. The molecule has 6 heteroatoms. The Labute approximate surface area is 123 Å². The van der Waals surface area contributed by atoms with Crippen molar-refractivity contribution in [3.63, 3.8) is 0 Å². The van der Waals surface area contributed by atoms with Crippen LogP contribution in [-0.4, -0.2) is 34.3 Å². The Morgan fingerprint density at radius 2 is 2.25 bits per heavy atom. The van der Waals surface area contributed by atoms with Gasteiger partial charge in [-0.2, -0.15) is 0 Å². The van der Waals surface area contributed by atoms with Gasteiger partial charge in [-0.15, -0.1) is 0 Å². The molecule has 0 saturated carbocycles. The summed E-state index contributed by atoms with van der Waals surface area (Å²) in [5.74, 6) is 0.152. The van der Waals surface area contributed by atoms with E-state index in [4.69, 9.17) is 11.6 Å². The van der Waals surface area contributed by atoms with Crippen LogP contribution in [0.1, 0.15) is 25.8 Å². The van der Waals surface area contributed by atoms with E-state index in [1.54, 1.807) is 23.4 Å². The molecule has 0 bridgehead atoms. The van der Waals surface area contributed by atoms with Crippen LogP contribution in [0.4, 0.5) is 0 Å². The molecule has 2 heterocycles. The number of nitrogens with zero attached hydrogens (tertiary/aromatic N) is 2. The summed E-state index contributed by atoms with van der Waals surface area (Å²) in [5, 5.41) is 3.15. The van der Waals surface area contributed by atoms with E-state index in [-0.39, 0.29) is 18.4 Å². The van der Waals surface area contributed by atoms with Crippen LogP contribution in [0.3, 0.4) is 0 Å². The van der Waals surface area contributed by atoms with E-state index >= 15 is 0 Å². The Kier molecular flexibility index (Phi) is 4.60. The molecule has 108 valence electrons. The molecule has 1 aliphatic rings. The van der Waals surface area contributed by atoms with Crippen molar-refractivity contribution < 1.29 is 9.59 Å². The molecule has 1 aliphatic heterocycles. The van der Waals surface area contributed by atoms with Gasteiger partial charge in [0.15, 0.2) is 0 Å². The second kappa shape index (κ2) is 6.22. The average Bonchev–Trinajstić information content (AvgIpc) is 2.40. The number of piperazine rings is 1. The standard InChI is InChI=1S/C14H18ClN3O2/c1-9(2)5-12-14(20)17-7-13(19)18(12)8-10-3-4-16-6-11(10)15/h3-4,6,9,12H,5,7-8H2,1-2H3,(H,17,20). The first kappa shape index (κ1) is 14.8. The van der Waals surface area contributed by atoms with Gasteiger partial charge in [-0.25, -0.2) is 0 Å². The van der Waals surface area contributed by atoms with Crippen LogP contribution in [0.2, 0.25) is 5.02 Å². The van der Waals surface area contributed by atoms with Gasteiger partial charge in [-0.3, -0.25) is 14.6 Å². The summed E-state index contributed by atoms with van der Waals surface area (Å²) in [7, 11) is 0. The molecule has 0 aromatic carbocycles. The van der Waals surface area contributed by atoms with Gasteiger partial charge in [-0.1, -0.05) is 25.4 Å². The Bertz CT molecular complexity index is 519. The van der Waals surface area contributed by atoms with Gasteiger partial charge >= 0.3 is 0 Å². The highest BCUT2D eigenvalue weighted by atomic mass is 35.5. The molecule has 2 rings (SSSR count). The fraction of sp³-hybridized carbons (Fsp3) is 0.500. The van der Waals surface area contributed by atoms with Crippen LogP contribution < -0.4 is 5.32 Å². The van der Waals surface area contributed by atoms with Crippen LogP contribution in [0.5, 0.6) is 0 Å². The Morgan fingerprint density at radius 1 is 1.50 bits per heavy atom. The molecule has 0 radical (unpaired) electrons. The summed E-state index contributed by atoms with van der Waals surface area (Å²) >= 11 is 6.08. The first-order valence-electron chi connectivity index (χ1n) is 6.64. The van der Waals surface area contributed by atoms with E-state index in [2.05, 4.69) is 10.3 Å². The van der Waals surface area contributed by atoms with E-state index in [9.17, 15) is 9.59 Å². The second-order valence-corrected chi connectivity index (χ2v) is 5.76. The molecule has 5 nitrogen and oxygen atoms in total. The van der Waals surface area contributed by atoms with Crippen molar-refractivity contribution in [2.24, 2.45) is 5.92 Å². The summed E-state index contributed by atoms with van der Waals surface area (Å²) in [5.41, 5.74) is 0.804. The lowest BCUT2D eigenvalue weighted by Crippen LogP contribution is -2.58. The van der Waals surface area contributed by atoms with Crippen molar-refractivity contribution in [1.29, 1.82) is 0 Å². The first-order chi connectivity index (χ1) is 9.49. The molecule has 1 aromatic heterocycles. The molecule has 20 heavy (non-hydrogen) atoms. The highest BCUT2D eigenvalue weighted by Gasteiger charge is 2.34. The molecule has 1 aromatic rings. The van der Waals surface area contributed by atoms with Gasteiger partial charge in [0.05, 0.1) is 11.6 Å². The number of hydrogen-bond donors (Lipinski definition) is 1. The van der Waals surface area contributed by atoms with Crippen LogP contribution in [0.15, 0.2) is 18.5 Å². The zero-order valence-corrected chi connectivity index (χ0v) is 12.4. The fourth-order valence-corrected chi connectivity index (χ4v) is 2.47. The minimum absolute atomic E-state index is 0.0517. The third kappa shape index (κ3) is 3.28. The number of pyridine rings is 1. The topological polar surface area (TPSA) is 62.3 Å². The number of carbonyl (C=O) groups excluding carboxylic acids is 2. The van der Waals surface area contributed by atoms with E-state index < -0.39 is 6.04 Å². The van der Waals surface area contributed by atoms with E-state index in [0.717, 1.165) is 5.56 Å². The predicted octanol–water partition coefficient (Wildman–Crippen LogP) is 1.61. The zero-order valence-electron chi connectivity index (χ0n) is 11.6. The van der Waals surface area contributed by atoms with Crippen molar-refractivity contribution in [3.05, 3.63) is 29.0 Å². The summed E-state index contributed by atoms with van der Waals surface area (Å²) < 4.78 is 0. The van der Waals surface area contributed by atoms with Crippen molar-refractivity contribution in [2.75, 3.05) is 6.54 Å². The summed E-state index contributed by atoms with van der Waals surface area (Å²) in [6, 6.07) is 1.34. The van der Waals surface area contributed by atoms with Gasteiger partial charge in [0.1, 0.15) is 6.04 Å². The number of amides is 2. The number of hydrogen-bond acceptors (Lipinski definition) is 3. The lowest BCUT2D eigenvalue weighted by atomic mass is 9.99. The van der Waals surface area contributed by atoms with Crippen LogP contribution in [0, 0.1) is 5.92 Å².